The molecule has 0 aliphatic rings. The van der Waals surface area contributed by atoms with Crippen molar-refractivity contribution in [2.75, 3.05) is 0 Å². The highest BCUT2D eigenvalue weighted by Gasteiger charge is 2.09. The van der Waals surface area contributed by atoms with E-state index < -0.39 is 0 Å². The summed E-state index contributed by atoms with van der Waals surface area (Å²) in [6.45, 7) is 0. The van der Waals surface area contributed by atoms with Crippen molar-refractivity contribution in [3.8, 4) is 17.4 Å². The highest BCUT2D eigenvalue weighted by molar-refractivity contribution is 6.29. The van der Waals surface area contributed by atoms with E-state index in [-0.39, 0.29) is 0 Å². The van der Waals surface area contributed by atoms with Gasteiger partial charge in [0.2, 0.25) is 0 Å². The zero-order chi connectivity index (χ0) is 11.7. The molecule has 5 nitrogen and oxygen atoms in total. The molecule has 0 bridgehead atoms. The molecule has 0 fully saturated rings. The first kappa shape index (κ1) is 10.0. The lowest BCUT2D eigenvalue weighted by molar-refractivity contribution is 0.576. The fraction of sp³-hybridized carbons (Fsp3) is 0. The van der Waals surface area contributed by atoms with Crippen LogP contribution < -0.4 is 0 Å². The van der Waals surface area contributed by atoms with E-state index in [1.54, 1.807) is 41.5 Å². The molecule has 0 aromatic carbocycles. The highest BCUT2D eigenvalue weighted by atomic mass is 35.5. The lowest BCUT2D eigenvalue weighted by atomic mass is 10.4. The molecule has 3 rings (SSSR count). The fourth-order valence-corrected chi connectivity index (χ4v) is 1.62. The van der Waals surface area contributed by atoms with E-state index in [2.05, 4.69) is 15.1 Å². The fourth-order valence-electron chi connectivity index (χ4n) is 1.44. The first-order chi connectivity index (χ1) is 8.33. The van der Waals surface area contributed by atoms with E-state index in [1.165, 1.54) is 0 Å². The van der Waals surface area contributed by atoms with Crippen LogP contribution in [0.5, 0.6) is 0 Å². The Morgan fingerprint density at radius 1 is 1.24 bits per heavy atom. The van der Waals surface area contributed by atoms with Crippen molar-refractivity contribution in [2.45, 2.75) is 0 Å². The molecule has 3 aromatic rings. The van der Waals surface area contributed by atoms with Crippen LogP contribution in [-0.4, -0.2) is 19.7 Å². The molecule has 0 atom stereocenters. The van der Waals surface area contributed by atoms with E-state index in [0.717, 1.165) is 0 Å². The number of halogens is 1. The van der Waals surface area contributed by atoms with Gasteiger partial charge in [0.15, 0.2) is 17.4 Å². The Labute approximate surface area is 102 Å². The molecular weight excluding hydrogens is 240 g/mol. The summed E-state index contributed by atoms with van der Waals surface area (Å²) in [4.78, 5) is 8.44. The van der Waals surface area contributed by atoms with Crippen LogP contribution in [0.25, 0.3) is 17.4 Å². The van der Waals surface area contributed by atoms with Crippen molar-refractivity contribution in [3.05, 3.63) is 48.1 Å². The Kier molecular flexibility index (Phi) is 2.38. The average Bonchev–Trinajstić information content (AvgIpc) is 3.02. The van der Waals surface area contributed by atoms with Gasteiger partial charge in [-0.3, -0.25) is 0 Å². The standard InChI is InChI=1S/C11H7ClN4O/c12-9-7-10(16-5-2-4-13-16)15-11(14-9)8-3-1-6-17-8/h1-7H. The van der Waals surface area contributed by atoms with Gasteiger partial charge in [0.25, 0.3) is 0 Å². The first-order valence-electron chi connectivity index (χ1n) is 4.91. The van der Waals surface area contributed by atoms with Gasteiger partial charge in [-0.15, -0.1) is 0 Å². The molecule has 84 valence electrons. The van der Waals surface area contributed by atoms with Crippen molar-refractivity contribution < 1.29 is 4.42 Å². The highest BCUT2D eigenvalue weighted by Crippen LogP contribution is 2.19. The Hall–Kier alpha value is -2.14. The Bertz CT molecular complexity index is 566. The molecule has 17 heavy (non-hydrogen) atoms. The molecule has 6 heteroatoms. The predicted octanol–water partition coefficient (Wildman–Crippen LogP) is 2.58. The Morgan fingerprint density at radius 3 is 2.88 bits per heavy atom. The molecule has 0 unspecified atom stereocenters. The maximum Gasteiger partial charge on any atom is 0.199 e. The van der Waals surface area contributed by atoms with Crippen LogP contribution in [-0.2, 0) is 0 Å². The molecule has 0 aliphatic heterocycles. The van der Waals surface area contributed by atoms with Gasteiger partial charge in [0.05, 0.1) is 6.26 Å². The molecule has 0 N–H and O–H groups in total. The largest absolute Gasteiger partial charge is 0.461 e. The summed E-state index contributed by atoms with van der Waals surface area (Å²) in [5.74, 6) is 1.61. The smallest absolute Gasteiger partial charge is 0.199 e. The van der Waals surface area contributed by atoms with E-state index in [9.17, 15) is 0 Å². The summed E-state index contributed by atoms with van der Waals surface area (Å²) in [6, 6.07) is 7.00. The lowest BCUT2D eigenvalue weighted by Crippen LogP contribution is -2.00. The number of furan rings is 1. The second-order valence-corrected chi connectivity index (χ2v) is 3.69. The maximum absolute atomic E-state index is 5.95. The number of nitrogens with zero attached hydrogens (tertiary/aromatic N) is 4. The van der Waals surface area contributed by atoms with Crippen molar-refractivity contribution >= 4 is 11.6 Å². The summed E-state index contributed by atoms with van der Waals surface area (Å²) in [6.07, 6.45) is 5.01. The first-order valence-corrected chi connectivity index (χ1v) is 5.29. The minimum Gasteiger partial charge on any atom is -0.461 e. The van der Waals surface area contributed by atoms with E-state index >= 15 is 0 Å². The molecule has 0 saturated carbocycles. The van der Waals surface area contributed by atoms with Crippen molar-refractivity contribution in [1.29, 1.82) is 0 Å². The lowest BCUT2D eigenvalue weighted by Gasteiger charge is -2.02. The van der Waals surface area contributed by atoms with Gasteiger partial charge < -0.3 is 4.42 Å². The van der Waals surface area contributed by atoms with Crippen LogP contribution in [0.2, 0.25) is 5.15 Å². The summed E-state index contributed by atoms with van der Waals surface area (Å²) in [5, 5.41) is 4.43. The summed E-state index contributed by atoms with van der Waals surface area (Å²) < 4.78 is 6.84. The van der Waals surface area contributed by atoms with Crippen LogP contribution in [0.4, 0.5) is 0 Å². The van der Waals surface area contributed by atoms with Gasteiger partial charge >= 0.3 is 0 Å². The topological polar surface area (TPSA) is 56.7 Å². The summed E-state index contributed by atoms with van der Waals surface area (Å²) in [7, 11) is 0. The molecule has 0 amide bonds. The second-order valence-electron chi connectivity index (χ2n) is 3.30. The van der Waals surface area contributed by atoms with Crippen LogP contribution >= 0.6 is 11.6 Å². The minimum atomic E-state index is 0.344. The molecule has 0 saturated heterocycles. The van der Waals surface area contributed by atoms with Crippen molar-refractivity contribution in [2.24, 2.45) is 0 Å². The van der Waals surface area contributed by atoms with Gasteiger partial charge in [-0.2, -0.15) is 5.10 Å². The zero-order valence-electron chi connectivity index (χ0n) is 8.62. The summed E-state index contributed by atoms with van der Waals surface area (Å²) in [5.41, 5.74) is 0. The minimum absolute atomic E-state index is 0.344. The molecule has 3 heterocycles. The van der Waals surface area contributed by atoms with Gasteiger partial charge in [-0.05, 0) is 18.2 Å². The van der Waals surface area contributed by atoms with Crippen molar-refractivity contribution in [1.82, 2.24) is 19.7 Å². The Morgan fingerprint density at radius 2 is 2.18 bits per heavy atom. The van der Waals surface area contributed by atoms with Crippen LogP contribution in [0.1, 0.15) is 0 Å². The van der Waals surface area contributed by atoms with Gasteiger partial charge in [0, 0.05) is 18.5 Å². The normalized spacial score (nSPS) is 10.6. The number of hydrogen-bond acceptors (Lipinski definition) is 4. The van der Waals surface area contributed by atoms with E-state index in [4.69, 9.17) is 16.0 Å². The van der Waals surface area contributed by atoms with Crippen LogP contribution in [0, 0.1) is 0 Å². The van der Waals surface area contributed by atoms with Crippen LogP contribution in [0.15, 0.2) is 47.3 Å². The van der Waals surface area contributed by atoms with Crippen molar-refractivity contribution in [3.63, 3.8) is 0 Å². The maximum atomic E-state index is 5.95. The number of aromatic nitrogens is 4. The molecular formula is C11H7ClN4O. The van der Waals surface area contributed by atoms with E-state index in [1.807, 2.05) is 6.07 Å². The quantitative estimate of drug-likeness (QED) is 0.652. The van der Waals surface area contributed by atoms with Gasteiger partial charge in [0.1, 0.15) is 5.15 Å². The predicted molar refractivity (Wildman–Crippen MR) is 61.9 cm³/mol. The molecule has 0 spiro atoms. The SMILES string of the molecule is Clc1cc(-n2cccn2)nc(-c2ccco2)n1. The summed E-state index contributed by atoms with van der Waals surface area (Å²) >= 11 is 5.95. The third-order valence-corrected chi connectivity index (χ3v) is 2.36. The van der Waals surface area contributed by atoms with Gasteiger partial charge in [-0.25, -0.2) is 14.6 Å². The number of rotatable bonds is 2. The zero-order valence-corrected chi connectivity index (χ0v) is 9.37. The average molecular weight is 247 g/mol. The third-order valence-electron chi connectivity index (χ3n) is 2.16. The van der Waals surface area contributed by atoms with Crippen LogP contribution in [0.3, 0.4) is 0 Å². The number of hydrogen-bond donors (Lipinski definition) is 0. The monoisotopic (exact) mass is 246 g/mol. The Balaban J connectivity index is 2.13. The molecule has 0 radical (unpaired) electrons. The van der Waals surface area contributed by atoms with E-state index in [0.29, 0.717) is 22.6 Å². The second kappa shape index (κ2) is 4.03. The third kappa shape index (κ3) is 1.92. The molecule has 3 aromatic heterocycles. The molecule has 0 aliphatic carbocycles. The van der Waals surface area contributed by atoms with Gasteiger partial charge in [-0.1, -0.05) is 11.6 Å².